The van der Waals surface area contributed by atoms with Crippen molar-refractivity contribution in [3.8, 4) is 0 Å². The van der Waals surface area contributed by atoms with E-state index < -0.39 is 42.5 Å². The molecule has 1 aromatic carbocycles. The van der Waals surface area contributed by atoms with Crippen LogP contribution in [0.25, 0.3) is 0 Å². The molecule has 0 aliphatic carbocycles. The molecule has 0 fully saturated rings. The van der Waals surface area contributed by atoms with Crippen molar-refractivity contribution in [2.75, 3.05) is 28.4 Å². The molecule has 9 heteroatoms. The number of hydrogen-bond acceptors (Lipinski definition) is 9. The minimum Gasteiger partial charge on any atom is -0.469 e. The molecule has 0 aromatic heterocycles. The Labute approximate surface area is 168 Å². The highest BCUT2D eigenvalue weighted by atomic mass is 16.6. The van der Waals surface area contributed by atoms with Crippen LogP contribution < -0.4 is 0 Å². The van der Waals surface area contributed by atoms with E-state index in [0.29, 0.717) is 5.56 Å². The third-order valence-electron chi connectivity index (χ3n) is 4.01. The van der Waals surface area contributed by atoms with Gasteiger partial charge in [0.15, 0.2) is 6.10 Å². The van der Waals surface area contributed by atoms with Crippen molar-refractivity contribution in [1.82, 2.24) is 0 Å². The molecule has 0 aliphatic rings. The summed E-state index contributed by atoms with van der Waals surface area (Å²) in [7, 11) is 4.66. The van der Waals surface area contributed by atoms with E-state index >= 15 is 0 Å². The van der Waals surface area contributed by atoms with Crippen LogP contribution in [0.1, 0.15) is 25.0 Å². The number of methoxy groups -OCH3 is 4. The van der Waals surface area contributed by atoms with Crippen molar-refractivity contribution >= 4 is 23.9 Å². The lowest BCUT2D eigenvalue weighted by atomic mass is 10.0. The zero-order chi connectivity index (χ0) is 22.0. The van der Waals surface area contributed by atoms with Gasteiger partial charge in [0.2, 0.25) is 0 Å². The van der Waals surface area contributed by atoms with Gasteiger partial charge in [0.25, 0.3) is 0 Å². The van der Waals surface area contributed by atoms with Crippen molar-refractivity contribution in [2.45, 2.75) is 25.6 Å². The molecule has 9 nitrogen and oxygen atoms in total. The quantitative estimate of drug-likeness (QED) is 0.341. The molecule has 1 rings (SSSR count). The Morgan fingerprint density at radius 1 is 0.862 bits per heavy atom. The van der Waals surface area contributed by atoms with Crippen molar-refractivity contribution in [3.63, 3.8) is 0 Å². The zero-order valence-electron chi connectivity index (χ0n) is 16.9. The van der Waals surface area contributed by atoms with Gasteiger partial charge >= 0.3 is 23.9 Å². The summed E-state index contributed by atoms with van der Waals surface area (Å²) >= 11 is 0. The number of benzene rings is 1. The molecule has 0 unspecified atom stereocenters. The molecule has 0 radical (unpaired) electrons. The summed E-state index contributed by atoms with van der Waals surface area (Å²) in [6.45, 7) is 1.29. The predicted octanol–water partition coefficient (Wildman–Crippen LogP) is 1.51. The van der Waals surface area contributed by atoms with E-state index in [2.05, 4.69) is 9.47 Å². The summed E-state index contributed by atoms with van der Waals surface area (Å²) in [5, 5.41) is 0. The third-order valence-corrected chi connectivity index (χ3v) is 4.01. The minimum absolute atomic E-state index is 0.172. The average Bonchev–Trinajstić information content (AvgIpc) is 2.73. The van der Waals surface area contributed by atoms with E-state index in [1.165, 1.54) is 14.0 Å². The summed E-state index contributed by atoms with van der Waals surface area (Å²) in [6, 6.07) is 8.49. The third kappa shape index (κ3) is 6.42. The van der Waals surface area contributed by atoms with E-state index in [0.717, 1.165) is 21.3 Å². The highest BCUT2D eigenvalue weighted by molar-refractivity contribution is 6.01. The first-order chi connectivity index (χ1) is 13.8. The van der Waals surface area contributed by atoms with Crippen LogP contribution in [-0.2, 0) is 42.9 Å². The Kier molecular flexibility index (Phi) is 9.54. The molecule has 0 saturated carbocycles. The highest BCUT2D eigenvalue weighted by Crippen LogP contribution is 2.24. The molecule has 158 valence electrons. The molecule has 2 atom stereocenters. The molecule has 0 heterocycles. The Bertz CT molecular complexity index is 767. The summed E-state index contributed by atoms with van der Waals surface area (Å²) in [6.07, 6.45) is -3.09. The number of ether oxygens (including phenoxy) is 5. The van der Waals surface area contributed by atoms with Crippen LogP contribution >= 0.6 is 0 Å². The Morgan fingerprint density at radius 3 is 1.93 bits per heavy atom. The number of carbonyl (C=O) groups excluding carboxylic acids is 4. The van der Waals surface area contributed by atoms with Crippen LogP contribution in [0.4, 0.5) is 0 Å². The maximum Gasteiger partial charge on any atom is 0.340 e. The lowest BCUT2D eigenvalue weighted by Crippen LogP contribution is -2.33. The molecule has 0 saturated heterocycles. The topological polar surface area (TPSA) is 114 Å². The maximum absolute atomic E-state index is 12.7. The first kappa shape index (κ1) is 23.8. The normalized spacial score (nSPS) is 13.4. The van der Waals surface area contributed by atoms with Gasteiger partial charge in [0, 0.05) is 12.7 Å². The van der Waals surface area contributed by atoms with Gasteiger partial charge in [-0.05, 0) is 12.5 Å². The van der Waals surface area contributed by atoms with Crippen LogP contribution in [0, 0.1) is 0 Å². The summed E-state index contributed by atoms with van der Waals surface area (Å²) < 4.78 is 24.5. The second-order valence-corrected chi connectivity index (χ2v) is 5.75. The molecule has 1 aromatic rings. The fourth-order valence-electron chi connectivity index (χ4n) is 2.53. The number of hydrogen-bond donors (Lipinski definition) is 0. The van der Waals surface area contributed by atoms with Gasteiger partial charge in [-0.15, -0.1) is 0 Å². The fourth-order valence-corrected chi connectivity index (χ4v) is 2.53. The highest BCUT2D eigenvalue weighted by Gasteiger charge is 2.34. The van der Waals surface area contributed by atoms with Crippen molar-refractivity contribution < 1.29 is 42.9 Å². The van der Waals surface area contributed by atoms with Crippen molar-refractivity contribution in [3.05, 3.63) is 47.0 Å². The van der Waals surface area contributed by atoms with Crippen LogP contribution in [0.3, 0.4) is 0 Å². The SMILES string of the molecule is COC(=O)C[C@@H](OC(=O)[C@H](OC)c1ccccc1)/C(C(=O)OC)=C(\C)C(=O)OC. The van der Waals surface area contributed by atoms with Crippen LogP contribution in [-0.4, -0.2) is 58.4 Å². The lowest BCUT2D eigenvalue weighted by Gasteiger charge is -2.23. The monoisotopic (exact) mass is 408 g/mol. The van der Waals surface area contributed by atoms with Gasteiger partial charge in [0.1, 0.15) is 6.10 Å². The lowest BCUT2D eigenvalue weighted by molar-refractivity contribution is -0.163. The molecular formula is C20H24O9. The fraction of sp³-hybridized carbons (Fsp3) is 0.400. The van der Waals surface area contributed by atoms with Crippen LogP contribution in [0.15, 0.2) is 41.5 Å². The maximum atomic E-state index is 12.7. The smallest absolute Gasteiger partial charge is 0.340 e. The number of carbonyl (C=O) groups is 4. The molecule has 0 N–H and O–H groups in total. The molecule has 0 bridgehead atoms. The summed E-state index contributed by atoms with van der Waals surface area (Å²) in [4.78, 5) is 48.9. The predicted molar refractivity (Wildman–Crippen MR) is 99.4 cm³/mol. The van der Waals surface area contributed by atoms with E-state index in [1.54, 1.807) is 30.3 Å². The number of rotatable bonds is 9. The van der Waals surface area contributed by atoms with Gasteiger partial charge in [-0.3, -0.25) is 4.79 Å². The van der Waals surface area contributed by atoms with Gasteiger partial charge in [-0.25, -0.2) is 14.4 Å². The molecule has 29 heavy (non-hydrogen) atoms. The van der Waals surface area contributed by atoms with Gasteiger partial charge in [-0.2, -0.15) is 0 Å². The Balaban J connectivity index is 3.35. The molecule has 0 aliphatic heterocycles. The standard InChI is InChI=1S/C20H24O9/c1-12(18(22)27-4)16(19(23)28-5)14(11-15(21)25-2)29-20(24)17(26-3)13-9-7-6-8-10-13/h6-10,14,17H,11H2,1-5H3/b16-12-/t14-,17-/m1/s1. The molecular weight excluding hydrogens is 384 g/mol. The average molecular weight is 408 g/mol. The first-order valence-electron chi connectivity index (χ1n) is 8.53. The summed E-state index contributed by atoms with van der Waals surface area (Å²) in [5.74, 6) is -3.44. The second-order valence-electron chi connectivity index (χ2n) is 5.75. The van der Waals surface area contributed by atoms with Crippen LogP contribution in [0.2, 0.25) is 0 Å². The van der Waals surface area contributed by atoms with Gasteiger partial charge < -0.3 is 23.7 Å². The minimum atomic E-state index is -1.46. The largest absolute Gasteiger partial charge is 0.469 e. The van der Waals surface area contributed by atoms with Crippen LogP contribution in [0.5, 0.6) is 0 Å². The van der Waals surface area contributed by atoms with Gasteiger partial charge in [0.05, 0.1) is 33.3 Å². The first-order valence-corrected chi connectivity index (χ1v) is 8.53. The van der Waals surface area contributed by atoms with E-state index in [9.17, 15) is 19.2 Å². The van der Waals surface area contributed by atoms with E-state index in [4.69, 9.17) is 14.2 Å². The Hall–Kier alpha value is -3.20. The molecule has 0 spiro atoms. The second kappa shape index (κ2) is 11.6. The van der Waals surface area contributed by atoms with Crippen molar-refractivity contribution in [2.24, 2.45) is 0 Å². The zero-order valence-corrected chi connectivity index (χ0v) is 16.9. The van der Waals surface area contributed by atoms with E-state index in [1.807, 2.05) is 0 Å². The van der Waals surface area contributed by atoms with Gasteiger partial charge in [-0.1, -0.05) is 30.3 Å². The number of esters is 4. The van der Waals surface area contributed by atoms with Crippen molar-refractivity contribution in [1.29, 1.82) is 0 Å². The van der Waals surface area contributed by atoms with E-state index in [-0.39, 0.29) is 11.1 Å². The molecule has 0 amide bonds. The Morgan fingerprint density at radius 2 is 1.45 bits per heavy atom. The summed E-state index contributed by atoms with van der Waals surface area (Å²) in [5.41, 5.74) is 0.000788.